The zero-order valence-electron chi connectivity index (χ0n) is 9.55. The summed E-state index contributed by atoms with van der Waals surface area (Å²) in [7, 11) is 0. The zero-order valence-corrected chi connectivity index (χ0v) is 9.55. The predicted octanol–water partition coefficient (Wildman–Crippen LogP) is 0.601. The van der Waals surface area contributed by atoms with Crippen molar-refractivity contribution < 1.29 is 9.72 Å². The second-order valence-electron chi connectivity index (χ2n) is 3.76. The average molecular weight is 237 g/mol. The highest BCUT2D eigenvalue weighted by atomic mass is 16.6. The smallest absolute Gasteiger partial charge is 0.269 e. The Balaban J connectivity index is 2.50. The van der Waals surface area contributed by atoms with Crippen molar-refractivity contribution in [3.8, 4) is 0 Å². The number of rotatable bonds is 5. The van der Waals surface area contributed by atoms with Crippen LogP contribution >= 0.6 is 0 Å². The Morgan fingerprint density at radius 1 is 1.59 bits per heavy atom. The average Bonchev–Trinajstić information content (AvgIpc) is 2.29. The number of nitro groups is 1. The van der Waals surface area contributed by atoms with Crippen LogP contribution in [0, 0.1) is 10.1 Å². The van der Waals surface area contributed by atoms with Crippen molar-refractivity contribution in [1.29, 1.82) is 0 Å². The lowest BCUT2D eigenvalue weighted by atomic mass is 10.1. The largest absolute Gasteiger partial charge is 0.354 e. The van der Waals surface area contributed by atoms with Gasteiger partial charge in [-0.3, -0.25) is 14.9 Å². The maximum atomic E-state index is 11.2. The van der Waals surface area contributed by atoms with Gasteiger partial charge in [0.2, 0.25) is 5.91 Å². The number of hydrogen-bond acceptors (Lipinski definition) is 4. The third-order valence-corrected chi connectivity index (χ3v) is 2.25. The monoisotopic (exact) mass is 237 g/mol. The molecule has 0 aliphatic heterocycles. The van der Waals surface area contributed by atoms with Crippen LogP contribution in [0.4, 0.5) is 5.69 Å². The first-order valence-electron chi connectivity index (χ1n) is 5.27. The first-order chi connectivity index (χ1) is 8.00. The van der Waals surface area contributed by atoms with Gasteiger partial charge in [-0.2, -0.15) is 0 Å². The van der Waals surface area contributed by atoms with Crippen LogP contribution in [0.25, 0.3) is 0 Å². The van der Waals surface area contributed by atoms with Crippen molar-refractivity contribution in [2.75, 3.05) is 6.54 Å². The molecule has 0 saturated heterocycles. The first-order valence-corrected chi connectivity index (χ1v) is 5.27. The van der Waals surface area contributed by atoms with E-state index in [4.69, 9.17) is 5.73 Å². The standard InChI is InChI=1S/C11H15N3O3/c1-8(12)11(15)13-6-5-9-3-2-4-10(7-9)14(16)17/h2-4,7-8H,5-6,12H2,1H3,(H,13,15). The van der Waals surface area contributed by atoms with E-state index in [0.29, 0.717) is 13.0 Å². The van der Waals surface area contributed by atoms with E-state index in [1.165, 1.54) is 12.1 Å². The molecule has 0 fully saturated rings. The number of benzene rings is 1. The van der Waals surface area contributed by atoms with Gasteiger partial charge in [-0.1, -0.05) is 12.1 Å². The first kappa shape index (κ1) is 13.1. The van der Waals surface area contributed by atoms with Crippen LogP contribution in [-0.2, 0) is 11.2 Å². The number of carbonyl (C=O) groups excluding carboxylic acids is 1. The highest BCUT2D eigenvalue weighted by molar-refractivity contribution is 5.80. The van der Waals surface area contributed by atoms with Crippen LogP contribution in [0.1, 0.15) is 12.5 Å². The van der Waals surface area contributed by atoms with Gasteiger partial charge in [-0.15, -0.1) is 0 Å². The molecule has 0 bridgehead atoms. The molecule has 1 aromatic rings. The highest BCUT2D eigenvalue weighted by Gasteiger charge is 2.07. The van der Waals surface area contributed by atoms with Gasteiger partial charge in [0, 0.05) is 18.7 Å². The topological polar surface area (TPSA) is 98.3 Å². The summed E-state index contributed by atoms with van der Waals surface area (Å²) in [5, 5.41) is 13.2. The van der Waals surface area contributed by atoms with E-state index in [-0.39, 0.29) is 11.6 Å². The molecule has 0 aliphatic carbocycles. The minimum absolute atomic E-state index is 0.0565. The molecule has 1 amide bonds. The van der Waals surface area contributed by atoms with Gasteiger partial charge in [0.1, 0.15) is 0 Å². The van der Waals surface area contributed by atoms with Crippen LogP contribution in [-0.4, -0.2) is 23.4 Å². The molecular weight excluding hydrogens is 222 g/mol. The molecule has 0 aromatic heterocycles. The SMILES string of the molecule is CC(N)C(=O)NCCc1cccc([N+](=O)[O-])c1. The molecule has 3 N–H and O–H groups in total. The normalized spacial score (nSPS) is 11.9. The van der Waals surface area contributed by atoms with E-state index in [1.807, 2.05) is 0 Å². The third-order valence-electron chi connectivity index (χ3n) is 2.25. The Hall–Kier alpha value is -1.95. The number of nitrogens with zero attached hydrogens (tertiary/aromatic N) is 1. The summed E-state index contributed by atoms with van der Waals surface area (Å²) in [6.45, 7) is 2.02. The van der Waals surface area contributed by atoms with Crippen LogP contribution in [0.5, 0.6) is 0 Å². The quantitative estimate of drug-likeness (QED) is 0.578. The van der Waals surface area contributed by atoms with Gasteiger partial charge in [0.15, 0.2) is 0 Å². The minimum atomic E-state index is -0.542. The molecule has 0 aliphatic rings. The number of nitrogens with two attached hydrogens (primary N) is 1. The summed E-state index contributed by atoms with van der Waals surface area (Å²) in [5.74, 6) is -0.226. The number of non-ortho nitro benzene ring substituents is 1. The van der Waals surface area contributed by atoms with E-state index < -0.39 is 11.0 Å². The molecule has 1 rings (SSSR count). The van der Waals surface area contributed by atoms with Crippen molar-refractivity contribution in [3.63, 3.8) is 0 Å². The molecule has 0 spiro atoms. The Morgan fingerprint density at radius 3 is 2.88 bits per heavy atom. The van der Waals surface area contributed by atoms with Gasteiger partial charge in [-0.05, 0) is 18.9 Å². The van der Waals surface area contributed by atoms with E-state index in [9.17, 15) is 14.9 Å². The fraction of sp³-hybridized carbons (Fsp3) is 0.364. The van der Waals surface area contributed by atoms with E-state index in [0.717, 1.165) is 5.56 Å². The van der Waals surface area contributed by atoms with Gasteiger partial charge in [0.05, 0.1) is 11.0 Å². The molecule has 6 heteroatoms. The second-order valence-corrected chi connectivity index (χ2v) is 3.76. The summed E-state index contributed by atoms with van der Waals surface area (Å²) >= 11 is 0. The number of amides is 1. The predicted molar refractivity (Wildman–Crippen MR) is 63.5 cm³/mol. The van der Waals surface area contributed by atoms with Gasteiger partial charge >= 0.3 is 0 Å². The molecule has 1 atom stereocenters. The lowest BCUT2D eigenvalue weighted by molar-refractivity contribution is -0.384. The molecule has 1 unspecified atom stereocenters. The van der Waals surface area contributed by atoms with Crippen LogP contribution < -0.4 is 11.1 Å². The van der Waals surface area contributed by atoms with E-state index in [1.54, 1.807) is 19.1 Å². The van der Waals surface area contributed by atoms with Gasteiger partial charge < -0.3 is 11.1 Å². The van der Waals surface area contributed by atoms with Crippen molar-refractivity contribution in [2.24, 2.45) is 5.73 Å². The maximum Gasteiger partial charge on any atom is 0.269 e. The van der Waals surface area contributed by atoms with E-state index in [2.05, 4.69) is 5.32 Å². The highest BCUT2D eigenvalue weighted by Crippen LogP contribution is 2.12. The fourth-order valence-corrected chi connectivity index (χ4v) is 1.32. The Kier molecular flexibility index (Phi) is 4.59. The molecule has 0 radical (unpaired) electrons. The molecule has 17 heavy (non-hydrogen) atoms. The summed E-state index contributed by atoms with van der Waals surface area (Å²) in [4.78, 5) is 21.3. The zero-order chi connectivity index (χ0) is 12.8. The Morgan fingerprint density at radius 2 is 2.29 bits per heavy atom. The molecule has 0 heterocycles. The van der Waals surface area contributed by atoms with Crippen LogP contribution in [0.15, 0.2) is 24.3 Å². The van der Waals surface area contributed by atoms with Crippen molar-refractivity contribution in [2.45, 2.75) is 19.4 Å². The van der Waals surface area contributed by atoms with Crippen molar-refractivity contribution in [1.82, 2.24) is 5.32 Å². The summed E-state index contributed by atoms with van der Waals surface area (Å²) in [6, 6.07) is 5.80. The molecule has 6 nitrogen and oxygen atoms in total. The summed E-state index contributed by atoms with van der Waals surface area (Å²) < 4.78 is 0. The molecule has 0 saturated carbocycles. The van der Waals surface area contributed by atoms with E-state index >= 15 is 0 Å². The van der Waals surface area contributed by atoms with Gasteiger partial charge in [-0.25, -0.2) is 0 Å². The van der Waals surface area contributed by atoms with Crippen molar-refractivity contribution in [3.05, 3.63) is 39.9 Å². The Bertz CT molecular complexity index is 418. The summed E-state index contributed by atoms with van der Waals surface area (Å²) in [6.07, 6.45) is 0.542. The number of carbonyl (C=O) groups is 1. The number of hydrogen-bond donors (Lipinski definition) is 2. The Labute approximate surface area is 99.0 Å². The fourth-order valence-electron chi connectivity index (χ4n) is 1.32. The van der Waals surface area contributed by atoms with Crippen LogP contribution in [0.3, 0.4) is 0 Å². The molecule has 1 aromatic carbocycles. The summed E-state index contributed by atoms with van der Waals surface area (Å²) in [5.41, 5.74) is 6.24. The molecule has 92 valence electrons. The lowest BCUT2D eigenvalue weighted by Gasteiger charge is -2.07. The maximum absolute atomic E-state index is 11.2. The third kappa shape index (κ3) is 4.20. The van der Waals surface area contributed by atoms with Crippen molar-refractivity contribution >= 4 is 11.6 Å². The van der Waals surface area contributed by atoms with Crippen LogP contribution in [0.2, 0.25) is 0 Å². The number of nitro benzene ring substituents is 1. The molecular formula is C11H15N3O3. The minimum Gasteiger partial charge on any atom is -0.354 e. The van der Waals surface area contributed by atoms with Gasteiger partial charge in [0.25, 0.3) is 5.69 Å². The second kappa shape index (κ2) is 5.95. The lowest BCUT2D eigenvalue weighted by Crippen LogP contribution is -2.39. The number of nitrogens with one attached hydrogen (secondary N) is 1.